The Labute approximate surface area is 239 Å². The molecule has 1 fully saturated rings. The van der Waals surface area contributed by atoms with Crippen molar-refractivity contribution in [1.29, 1.82) is 0 Å². The predicted molar refractivity (Wildman–Crippen MR) is 161 cm³/mol. The van der Waals surface area contributed by atoms with Crippen molar-refractivity contribution in [3.8, 4) is 5.75 Å². The van der Waals surface area contributed by atoms with Crippen molar-refractivity contribution in [1.82, 2.24) is 14.5 Å². The van der Waals surface area contributed by atoms with Crippen molar-refractivity contribution in [2.45, 2.75) is 58.5 Å². The molecule has 9 nitrogen and oxygen atoms in total. The number of aliphatic hydroxyl groups is 1. The third-order valence-corrected chi connectivity index (χ3v) is 10.7. The van der Waals surface area contributed by atoms with Crippen LogP contribution in [0.4, 0.5) is 10.5 Å². The number of nitrogens with one attached hydrogen (secondary N) is 1. The van der Waals surface area contributed by atoms with Gasteiger partial charge in [0.25, 0.3) is 0 Å². The van der Waals surface area contributed by atoms with E-state index in [-0.39, 0.29) is 25.1 Å². The fourth-order valence-corrected chi connectivity index (χ4v) is 7.55. The second-order valence-corrected chi connectivity index (χ2v) is 19.1. The maximum Gasteiger partial charge on any atom is 0.332 e. The van der Waals surface area contributed by atoms with Gasteiger partial charge < -0.3 is 20.1 Å². The number of piperidine rings is 1. The summed E-state index contributed by atoms with van der Waals surface area (Å²) in [4.78, 5) is 14.3. The van der Waals surface area contributed by atoms with Crippen molar-refractivity contribution in [3.63, 3.8) is 0 Å². The first-order chi connectivity index (χ1) is 19.0. The Balaban J connectivity index is 1.59. The molecule has 0 spiro atoms. The number of likely N-dealkylation sites (tertiary alicyclic amines) is 1. The fraction of sp³-hybridized carbons (Fsp3) is 0.483. The van der Waals surface area contributed by atoms with Crippen LogP contribution in [-0.2, 0) is 23.2 Å². The van der Waals surface area contributed by atoms with Gasteiger partial charge in [0.15, 0.2) is 0 Å². The smallest absolute Gasteiger partial charge is 0.332 e. The zero-order valence-corrected chi connectivity index (χ0v) is 25.8. The lowest BCUT2D eigenvalue weighted by molar-refractivity contribution is 0.165. The van der Waals surface area contributed by atoms with Crippen LogP contribution >= 0.6 is 0 Å². The van der Waals surface area contributed by atoms with Crippen LogP contribution in [0.15, 0.2) is 60.6 Å². The highest BCUT2D eigenvalue weighted by molar-refractivity contribution is 7.91. The third-order valence-electron chi connectivity index (χ3n) is 7.24. The molecule has 0 aliphatic carbocycles. The van der Waals surface area contributed by atoms with E-state index in [1.807, 2.05) is 54.3 Å². The molecule has 2 aromatic rings. The van der Waals surface area contributed by atoms with Crippen LogP contribution in [0, 0.1) is 5.92 Å². The number of anilines is 1. The molecule has 2 aliphatic rings. The first kappa shape index (κ1) is 29.8. The van der Waals surface area contributed by atoms with Crippen LogP contribution in [0.1, 0.15) is 30.9 Å². The molecule has 218 valence electrons. The topological polar surface area (TPSA) is 102 Å². The highest BCUT2D eigenvalue weighted by atomic mass is 32.2. The molecule has 0 radical (unpaired) electrons. The number of urea groups is 1. The minimum absolute atomic E-state index is 0.0288. The number of ether oxygens (including phenoxy) is 1. The third kappa shape index (κ3) is 7.31. The molecule has 2 aliphatic heterocycles. The summed E-state index contributed by atoms with van der Waals surface area (Å²) in [6.45, 7) is 11.0. The maximum atomic E-state index is 13.6. The number of amides is 2. The average molecular weight is 587 g/mol. The Morgan fingerprint density at radius 2 is 1.88 bits per heavy atom. The van der Waals surface area contributed by atoms with Crippen molar-refractivity contribution < 1.29 is 23.1 Å². The number of hydrogen-bond acceptors (Lipinski definition) is 5. The van der Waals surface area contributed by atoms with Crippen LogP contribution in [0.2, 0.25) is 25.7 Å². The van der Waals surface area contributed by atoms with E-state index in [1.165, 1.54) is 6.20 Å². The van der Waals surface area contributed by atoms with Crippen LogP contribution in [-0.4, -0.2) is 63.0 Å². The summed E-state index contributed by atoms with van der Waals surface area (Å²) < 4.78 is 35.5. The zero-order chi connectivity index (χ0) is 28.9. The molecule has 0 aromatic heterocycles. The van der Waals surface area contributed by atoms with Gasteiger partial charge in [-0.05, 0) is 61.4 Å². The number of aliphatic hydroxyl groups excluding tert-OH is 1. The first-order valence-electron chi connectivity index (χ1n) is 14.0. The highest BCUT2D eigenvalue weighted by Crippen LogP contribution is 2.38. The van der Waals surface area contributed by atoms with Crippen molar-refractivity contribution in [3.05, 3.63) is 71.7 Å². The second kappa shape index (κ2) is 12.6. The summed E-state index contributed by atoms with van der Waals surface area (Å²) in [6.07, 6.45) is 3.96. The Morgan fingerprint density at radius 1 is 1.12 bits per heavy atom. The van der Waals surface area contributed by atoms with Crippen LogP contribution < -0.4 is 14.4 Å². The van der Waals surface area contributed by atoms with Crippen molar-refractivity contribution in [2.24, 2.45) is 5.92 Å². The highest BCUT2D eigenvalue weighted by Gasteiger charge is 2.39. The quantitative estimate of drug-likeness (QED) is 0.367. The molecule has 11 heteroatoms. The Morgan fingerprint density at radius 3 is 2.58 bits per heavy atom. The summed E-state index contributed by atoms with van der Waals surface area (Å²) in [6, 6.07) is 16.0. The number of carbonyl (C=O) groups excluding carboxylic acids is 1. The molecule has 40 heavy (non-hydrogen) atoms. The number of nitrogens with zero attached hydrogens (tertiary/aromatic N) is 3. The number of benzene rings is 2. The molecule has 0 bridgehead atoms. The van der Waals surface area contributed by atoms with Gasteiger partial charge in [-0.1, -0.05) is 56.0 Å². The van der Waals surface area contributed by atoms with Gasteiger partial charge in [-0.25, -0.2) is 13.4 Å². The van der Waals surface area contributed by atoms with E-state index in [9.17, 15) is 18.3 Å². The first-order valence-corrected chi connectivity index (χ1v) is 19.1. The van der Waals surface area contributed by atoms with Gasteiger partial charge in [0.05, 0.1) is 6.20 Å². The molecule has 2 amide bonds. The summed E-state index contributed by atoms with van der Waals surface area (Å²) in [5.74, 6) is 0.433. The van der Waals surface area contributed by atoms with Crippen LogP contribution in [0.3, 0.4) is 0 Å². The minimum Gasteiger partial charge on any atom is -0.493 e. The predicted octanol–water partition coefficient (Wildman–Crippen LogP) is 5.31. The van der Waals surface area contributed by atoms with Gasteiger partial charge in [-0.2, -0.15) is 8.42 Å². The largest absolute Gasteiger partial charge is 0.493 e. The summed E-state index contributed by atoms with van der Waals surface area (Å²) in [7, 11) is -5.55. The number of carbonyl (C=O) groups is 1. The van der Waals surface area contributed by atoms with Gasteiger partial charge in [-0.3, -0.25) is 0 Å². The lowest BCUT2D eigenvalue weighted by atomic mass is 9.91. The molecule has 1 atom stereocenters. The Hall–Kier alpha value is -3.18. The molecular formula is C29H42N4O5SSi. The summed E-state index contributed by atoms with van der Waals surface area (Å²) >= 11 is 0. The van der Waals surface area contributed by atoms with E-state index in [1.54, 1.807) is 6.07 Å². The van der Waals surface area contributed by atoms with Crippen molar-refractivity contribution in [2.75, 3.05) is 30.5 Å². The van der Waals surface area contributed by atoms with E-state index in [4.69, 9.17) is 4.74 Å². The Kier molecular flexibility index (Phi) is 9.35. The normalized spacial score (nSPS) is 18.9. The lowest BCUT2D eigenvalue weighted by Crippen LogP contribution is -2.45. The minimum atomic E-state index is -4.01. The number of hydrogen-bond donors (Lipinski definition) is 2. The molecule has 1 saturated heterocycles. The fourth-order valence-electron chi connectivity index (χ4n) is 5.05. The van der Waals surface area contributed by atoms with E-state index in [0.717, 1.165) is 51.6 Å². The van der Waals surface area contributed by atoms with Crippen LogP contribution in [0.5, 0.6) is 5.75 Å². The van der Waals surface area contributed by atoms with E-state index < -0.39 is 18.3 Å². The Bertz CT molecular complexity index is 1310. The zero-order valence-electron chi connectivity index (χ0n) is 24.0. The van der Waals surface area contributed by atoms with E-state index in [2.05, 4.69) is 25.0 Å². The van der Waals surface area contributed by atoms with Gasteiger partial charge in [0.2, 0.25) is 5.88 Å². The molecule has 1 unspecified atom stereocenters. The molecular weight excluding hydrogens is 544 g/mol. The monoisotopic (exact) mass is 586 g/mol. The van der Waals surface area contributed by atoms with E-state index in [0.29, 0.717) is 30.4 Å². The van der Waals surface area contributed by atoms with E-state index >= 15 is 0 Å². The van der Waals surface area contributed by atoms with Crippen molar-refractivity contribution >= 4 is 30.0 Å². The van der Waals surface area contributed by atoms with Gasteiger partial charge in [-0.15, -0.1) is 0 Å². The number of rotatable bonds is 10. The molecule has 4 rings (SSSR count). The molecule has 2 heterocycles. The van der Waals surface area contributed by atoms with Gasteiger partial charge in [0, 0.05) is 34.3 Å². The standard InChI is InChI=1S/C29H42N4O5SSi/c1-5-30-29(35)31-15-9-12-25(20-31)18-24-13-14-26(27(19-24)38-22-23-10-7-6-8-11-23)33-21-28(34)32(39(33,36)37)16-17-40(2,3)4/h6-8,10-11,13-14,19,21,25,34H,5,9,12,15-18,20,22H2,1-4H3,(H,30,35). The average Bonchev–Trinajstić information content (AvgIpc) is 3.14. The summed E-state index contributed by atoms with van der Waals surface area (Å²) in [5.41, 5.74) is 2.33. The second-order valence-electron chi connectivity index (χ2n) is 11.7. The molecule has 2 N–H and O–H groups in total. The van der Waals surface area contributed by atoms with Gasteiger partial charge in [0.1, 0.15) is 18.0 Å². The molecule has 2 aromatic carbocycles. The molecule has 0 saturated carbocycles. The SMILES string of the molecule is CCNC(=O)N1CCCC(Cc2ccc(N3C=C(O)N(CC[Si](C)(C)C)S3(=O)=O)c(OCc3ccccc3)c2)C1. The lowest BCUT2D eigenvalue weighted by Gasteiger charge is -2.33. The van der Waals surface area contributed by atoms with Crippen LogP contribution in [0.25, 0.3) is 0 Å². The van der Waals surface area contributed by atoms with Gasteiger partial charge >= 0.3 is 16.2 Å². The maximum absolute atomic E-state index is 13.6. The summed E-state index contributed by atoms with van der Waals surface area (Å²) in [5, 5.41) is 13.5.